The van der Waals surface area contributed by atoms with E-state index in [-0.39, 0.29) is 5.56 Å². The van der Waals surface area contributed by atoms with E-state index in [1.807, 2.05) is 10.6 Å². The Labute approximate surface area is 139 Å². The minimum Gasteiger partial charge on any atom is -0.339 e. The first-order valence-electron chi connectivity index (χ1n) is 8.36. The normalized spacial score (nSPS) is 13.5. The van der Waals surface area contributed by atoms with Gasteiger partial charge in [0.25, 0.3) is 5.56 Å². The molecule has 24 heavy (non-hydrogen) atoms. The van der Waals surface area contributed by atoms with Crippen LogP contribution in [0.2, 0.25) is 0 Å². The van der Waals surface area contributed by atoms with E-state index >= 15 is 0 Å². The van der Waals surface area contributed by atoms with Crippen LogP contribution >= 0.6 is 0 Å². The maximum Gasteiger partial charge on any atom is 0.255 e. The smallest absolute Gasteiger partial charge is 0.255 e. The van der Waals surface area contributed by atoms with E-state index in [2.05, 4.69) is 33.7 Å². The van der Waals surface area contributed by atoms with Crippen LogP contribution in [0.15, 0.2) is 33.6 Å². The van der Waals surface area contributed by atoms with E-state index in [9.17, 15) is 4.79 Å². The van der Waals surface area contributed by atoms with Crippen molar-refractivity contribution in [2.24, 2.45) is 0 Å². The molecule has 6 nitrogen and oxygen atoms in total. The van der Waals surface area contributed by atoms with E-state index in [0.717, 1.165) is 35.9 Å². The molecule has 124 valence electrons. The van der Waals surface area contributed by atoms with Gasteiger partial charge in [0.05, 0.1) is 5.52 Å². The molecule has 0 atom stereocenters. The van der Waals surface area contributed by atoms with Crippen molar-refractivity contribution in [2.75, 3.05) is 6.54 Å². The predicted molar refractivity (Wildman–Crippen MR) is 91.0 cm³/mol. The van der Waals surface area contributed by atoms with Crippen molar-refractivity contribution in [3.8, 4) is 0 Å². The van der Waals surface area contributed by atoms with Gasteiger partial charge in [-0.1, -0.05) is 23.4 Å². The van der Waals surface area contributed by atoms with Gasteiger partial charge >= 0.3 is 0 Å². The van der Waals surface area contributed by atoms with Crippen LogP contribution in [0.4, 0.5) is 0 Å². The second kappa shape index (κ2) is 6.20. The summed E-state index contributed by atoms with van der Waals surface area (Å²) >= 11 is 0. The lowest BCUT2D eigenvalue weighted by molar-refractivity contribution is 0.372. The Balaban J connectivity index is 1.52. The van der Waals surface area contributed by atoms with Crippen LogP contribution in [0.5, 0.6) is 0 Å². The molecule has 0 bridgehead atoms. The highest BCUT2D eigenvalue weighted by atomic mass is 16.5. The molecule has 0 unspecified atom stereocenters. The molecule has 0 aliphatic carbocycles. The number of nitrogens with one attached hydrogen (secondary N) is 1. The second-order valence-corrected chi connectivity index (χ2v) is 6.25. The van der Waals surface area contributed by atoms with Gasteiger partial charge in [0.2, 0.25) is 5.89 Å². The van der Waals surface area contributed by atoms with Crippen molar-refractivity contribution < 1.29 is 4.52 Å². The first kappa shape index (κ1) is 15.1. The van der Waals surface area contributed by atoms with Crippen LogP contribution in [0.25, 0.3) is 10.9 Å². The Bertz CT molecular complexity index is 942. The minimum atomic E-state index is 0.121. The summed E-state index contributed by atoms with van der Waals surface area (Å²) in [4.78, 5) is 16.9. The molecule has 0 amide bonds. The Hall–Kier alpha value is -2.47. The summed E-state index contributed by atoms with van der Waals surface area (Å²) < 4.78 is 7.03. The molecule has 0 spiro atoms. The number of aryl methyl sites for hydroxylation is 3. The van der Waals surface area contributed by atoms with E-state index in [1.165, 1.54) is 5.56 Å². The van der Waals surface area contributed by atoms with Crippen LogP contribution < -0.4 is 10.9 Å². The Morgan fingerprint density at radius 1 is 1.38 bits per heavy atom. The summed E-state index contributed by atoms with van der Waals surface area (Å²) in [5.74, 6) is 1.27. The SMILES string of the molecule is Cc1noc(CCNCc2cc3cccc4c3n(c2=O)CCC4)n1. The first-order valence-corrected chi connectivity index (χ1v) is 8.36. The van der Waals surface area contributed by atoms with E-state index in [1.54, 1.807) is 6.92 Å². The summed E-state index contributed by atoms with van der Waals surface area (Å²) in [6.07, 6.45) is 2.74. The summed E-state index contributed by atoms with van der Waals surface area (Å²) in [5, 5.41) is 8.23. The third-order valence-corrected chi connectivity index (χ3v) is 4.50. The number of pyridine rings is 1. The van der Waals surface area contributed by atoms with Crippen molar-refractivity contribution in [2.45, 2.75) is 39.3 Å². The summed E-state index contributed by atoms with van der Waals surface area (Å²) in [5.41, 5.74) is 3.32. The van der Waals surface area contributed by atoms with Crippen LogP contribution in [0.1, 0.15) is 29.3 Å². The molecule has 1 N–H and O–H groups in total. The second-order valence-electron chi connectivity index (χ2n) is 6.25. The van der Waals surface area contributed by atoms with Gasteiger partial charge in [-0.05, 0) is 36.8 Å². The Morgan fingerprint density at radius 3 is 3.12 bits per heavy atom. The van der Waals surface area contributed by atoms with Crippen molar-refractivity contribution >= 4 is 10.9 Å². The standard InChI is InChI=1S/C18H20N4O2/c1-12-20-16(24-21-12)7-8-19-11-15-10-14-5-2-4-13-6-3-9-22(17(13)14)18(15)23/h2,4-5,10,19H,3,6-9,11H2,1H3. The third kappa shape index (κ3) is 2.73. The van der Waals surface area contributed by atoms with E-state index in [4.69, 9.17) is 4.52 Å². The average molecular weight is 324 g/mol. The molecule has 4 rings (SSSR count). The molecule has 1 aliphatic heterocycles. The highest BCUT2D eigenvalue weighted by molar-refractivity contribution is 5.83. The van der Waals surface area contributed by atoms with E-state index < -0.39 is 0 Å². The molecular formula is C18H20N4O2. The number of aromatic nitrogens is 3. The van der Waals surface area contributed by atoms with Crippen LogP contribution in [-0.2, 0) is 25.9 Å². The number of hydrogen-bond acceptors (Lipinski definition) is 5. The van der Waals surface area contributed by atoms with Crippen molar-refractivity contribution in [3.05, 3.63) is 57.5 Å². The third-order valence-electron chi connectivity index (χ3n) is 4.50. The fourth-order valence-electron chi connectivity index (χ4n) is 3.41. The van der Waals surface area contributed by atoms with Crippen molar-refractivity contribution in [1.29, 1.82) is 0 Å². The monoisotopic (exact) mass is 324 g/mol. The molecule has 2 aromatic heterocycles. The Morgan fingerprint density at radius 2 is 2.29 bits per heavy atom. The quantitative estimate of drug-likeness (QED) is 0.727. The van der Waals surface area contributed by atoms with Gasteiger partial charge in [-0.25, -0.2) is 0 Å². The number of hydrogen-bond donors (Lipinski definition) is 1. The van der Waals surface area contributed by atoms with Crippen molar-refractivity contribution in [1.82, 2.24) is 20.0 Å². The zero-order valence-corrected chi connectivity index (χ0v) is 13.7. The topological polar surface area (TPSA) is 73.0 Å². The number of rotatable bonds is 5. The van der Waals surface area contributed by atoms with Crippen molar-refractivity contribution in [3.63, 3.8) is 0 Å². The predicted octanol–water partition coefficient (Wildman–Crippen LogP) is 1.97. The molecule has 1 aliphatic rings. The van der Waals surface area contributed by atoms with Gasteiger partial charge in [-0.15, -0.1) is 0 Å². The molecule has 0 saturated heterocycles. The zero-order valence-electron chi connectivity index (χ0n) is 13.7. The van der Waals surface area contributed by atoms with Crippen LogP contribution in [0.3, 0.4) is 0 Å². The Kier molecular flexibility index (Phi) is 3.90. The molecule has 3 aromatic rings. The van der Waals surface area contributed by atoms with Gasteiger partial charge in [-0.2, -0.15) is 4.98 Å². The van der Waals surface area contributed by atoms with E-state index in [0.29, 0.717) is 31.2 Å². The van der Waals surface area contributed by atoms with Gasteiger partial charge < -0.3 is 14.4 Å². The number of benzene rings is 1. The lowest BCUT2D eigenvalue weighted by Gasteiger charge is -2.20. The molecule has 3 heterocycles. The average Bonchev–Trinajstić information content (AvgIpc) is 3.01. The molecule has 0 fully saturated rings. The maximum atomic E-state index is 12.7. The van der Waals surface area contributed by atoms with Crippen LogP contribution in [0, 0.1) is 6.92 Å². The zero-order chi connectivity index (χ0) is 16.5. The largest absolute Gasteiger partial charge is 0.339 e. The maximum absolute atomic E-state index is 12.7. The number of para-hydroxylation sites is 1. The van der Waals surface area contributed by atoms with Crippen LogP contribution in [-0.4, -0.2) is 21.3 Å². The summed E-state index contributed by atoms with van der Waals surface area (Å²) in [7, 11) is 0. The highest BCUT2D eigenvalue weighted by Gasteiger charge is 2.15. The molecule has 1 aromatic carbocycles. The first-order chi connectivity index (χ1) is 11.7. The fraction of sp³-hybridized carbons (Fsp3) is 0.389. The number of nitrogens with zero attached hydrogens (tertiary/aromatic N) is 3. The lowest BCUT2D eigenvalue weighted by Crippen LogP contribution is -2.30. The van der Waals surface area contributed by atoms with Gasteiger partial charge in [-0.3, -0.25) is 4.79 Å². The van der Waals surface area contributed by atoms with Gasteiger partial charge in [0.1, 0.15) is 0 Å². The fourth-order valence-corrected chi connectivity index (χ4v) is 3.41. The molecule has 6 heteroatoms. The van der Waals surface area contributed by atoms with Gasteiger partial charge in [0.15, 0.2) is 5.82 Å². The lowest BCUT2D eigenvalue weighted by atomic mass is 10.00. The van der Waals surface area contributed by atoms with Gasteiger partial charge in [0, 0.05) is 31.6 Å². The molecule has 0 radical (unpaired) electrons. The summed E-state index contributed by atoms with van der Waals surface area (Å²) in [6, 6.07) is 8.31. The summed E-state index contributed by atoms with van der Waals surface area (Å²) in [6.45, 7) is 3.85. The molecule has 0 saturated carbocycles. The minimum absolute atomic E-state index is 0.121. The highest BCUT2D eigenvalue weighted by Crippen LogP contribution is 2.23. The molecular weight excluding hydrogens is 304 g/mol.